The van der Waals surface area contributed by atoms with E-state index in [1.165, 1.54) is 29.6 Å². The molecule has 11 heteroatoms. The zero-order valence-electron chi connectivity index (χ0n) is 18.7. The zero-order chi connectivity index (χ0) is 24.4. The van der Waals surface area contributed by atoms with Crippen molar-refractivity contribution < 1.29 is 26.4 Å². The molecule has 3 rings (SSSR count). The molecule has 0 atom stereocenters. The van der Waals surface area contributed by atoms with Crippen molar-refractivity contribution >= 4 is 21.7 Å². The highest BCUT2D eigenvalue weighted by Gasteiger charge is 2.31. The Hall–Kier alpha value is -2.66. The molecule has 1 saturated heterocycles. The maximum atomic E-state index is 13.1. The first-order chi connectivity index (χ1) is 15.4. The third-order valence-corrected chi connectivity index (χ3v) is 7.70. The van der Waals surface area contributed by atoms with Crippen LogP contribution in [0, 0.1) is 0 Å². The van der Waals surface area contributed by atoms with Crippen molar-refractivity contribution in [2.75, 3.05) is 38.1 Å². The van der Waals surface area contributed by atoms with Gasteiger partial charge in [0.1, 0.15) is 5.82 Å². The monoisotopic (exact) mass is 484 g/mol. The van der Waals surface area contributed by atoms with E-state index in [-0.39, 0.29) is 22.4 Å². The van der Waals surface area contributed by atoms with Crippen molar-refractivity contribution in [2.45, 2.75) is 37.4 Å². The lowest BCUT2D eigenvalue weighted by Gasteiger charge is -2.24. The number of amides is 1. The Balaban J connectivity index is 1.72. The predicted molar refractivity (Wildman–Crippen MR) is 118 cm³/mol. The van der Waals surface area contributed by atoms with Gasteiger partial charge in [0.15, 0.2) is 0 Å². The van der Waals surface area contributed by atoms with E-state index < -0.39 is 21.8 Å². The smallest absolute Gasteiger partial charge is 0.355 e. The van der Waals surface area contributed by atoms with Gasteiger partial charge in [0.2, 0.25) is 10.0 Å². The summed E-state index contributed by atoms with van der Waals surface area (Å²) in [6.07, 6.45) is -3.04. The molecule has 1 aromatic carbocycles. The fraction of sp³-hybridized carbons (Fsp3) is 0.455. The van der Waals surface area contributed by atoms with Crippen LogP contribution >= 0.6 is 0 Å². The number of hydrogen-bond acceptors (Lipinski definition) is 5. The number of benzene rings is 1. The molecule has 0 N–H and O–H groups in total. The van der Waals surface area contributed by atoms with Crippen LogP contribution in [0.15, 0.2) is 47.5 Å². The predicted octanol–water partition coefficient (Wildman–Crippen LogP) is 3.48. The SMILES string of the molecule is CC(C)N(C)S(=O)(=O)c1cccc(C(=O)N2CCCN(c3ccc(C(F)(F)F)cn3)CC2)c1. The molecule has 0 aliphatic carbocycles. The molecular weight excluding hydrogens is 457 g/mol. The maximum absolute atomic E-state index is 13.1. The van der Waals surface area contributed by atoms with Gasteiger partial charge in [-0.2, -0.15) is 17.5 Å². The lowest BCUT2D eigenvalue weighted by Crippen LogP contribution is -2.36. The molecule has 1 aromatic heterocycles. The molecule has 2 aromatic rings. The number of pyridine rings is 1. The van der Waals surface area contributed by atoms with E-state index in [1.807, 2.05) is 4.90 Å². The first kappa shape index (κ1) is 25.0. The summed E-state index contributed by atoms with van der Waals surface area (Å²) < 4.78 is 65.1. The lowest BCUT2D eigenvalue weighted by molar-refractivity contribution is -0.137. The van der Waals surface area contributed by atoms with Gasteiger partial charge < -0.3 is 9.80 Å². The molecular formula is C22H27F3N4O3S. The Bertz CT molecular complexity index is 1090. The number of hydrogen-bond donors (Lipinski definition) is 0. The number of carbonyl (C=O) groups excluding carboxylic acids is 1. The molecule has 0 spiro atoms. The molecule has 1 aliphatic rings. The van der Waals surface area contributed by atoms with Crippen molar-refractivity contribution in [3.05, 3.63) is 53.7 Å². The van der Waals surface area contributed by atoms with Gasteiger partial charge in [-0.15, -0.1) is 0 Å². The summed E-state index contributed by atoms with van der Waals surface area (Å²) in [4.78, 5) is 20.5. The molecule has 1 aliphatic heterocycles. The Morgan fingerprint density at radius 2 is 1.82 bits per heavy atom. The molecule has 1 amide bonds. The summed E-state index contributed by atoms with van der Waals surface area (Å²) >= 11 is 0. The molecule has 0 bridgehead atoms. The van der Waals surface area contributed by atoms with Crippen molar-refractivity contribution in [2.24, 2.45) is 0 Å². The van der Waals surface area contributed by atoms with Gasteiger partial charge in [0.05, 0.1) is 10.5 Å². The first-order valence-corrected chi connectivity index (χ1v) is 12.0. The Labute approximate surface area is 191 Å². The summed E-state index contributed by atoms with van der Waals surface area (Å²) in [5.74, 6) is 0.128. The second-order valence-corrected chi connectivity index (χ2v) is 10.2. The summed E-state index contributed by atoms with van der Waals surface area (Å²) in [5, 5.41) is 0. The number of anilines is 1. The van der Waals surface area contributed by atoms with E-state index in [0.717, 1.165) is 12.3 Å². The minimum atomic E-state index is -4.44. The zero-order valence-corrected chi connectivity index (χ0v) is 19.5. The fourth-order valence-corrected chi connectivity index (χ4v) is 4.92. The summed E-state index contributed by atoms with van der Waals surface area (Å²) in [6, 6.07) is 8.07. The van der Waals surface area contributed by atoms with E-state index in [2.05, 4.69) is 4.98 Å². The molecule has 1 fully saturated rings. The highest BCUT2D eigenvalue weighted by Crippen LogP contribution is 2.29. The molecule has 180 valence electrons. The van der Waals surface area contributed by atoms with Crippen LogP contribution in [-0.2, 0) is 16.2 Å². The summed E-state index contributed by atoms with van der Waals surface area (Å²) in [7, 11) is -2.23. The van der Waals surface area contributed by atoms with E-state index in [9.17, 15) is 26.4 Å². The van der Waals surface area contributed by atoms with Crippen molar-refractivity contribution in [3.63, 3.8) is 0 Å². The van der Waals surface area contributed by atoms with Gasteiger partial charge in [0.25, 0.3) is 5.91 Å². The number of rotatable bonds is 5. The number of alkyl halides is 3. The first-order valence-electron chi connectivity index (χ1n) is 10.6. The second kappa shape index (κ2) is 9.68. The van der Waals surface area contributed by atoms with Crippen LogP contribution in [0.4, 0.5) is 19.0 Å². The molecule has 33 heavy (non-hydrogen) atoms. The number of sulfonamides is 1. The third-order valence-electron chi connectivity index (χ3n) is 5.67. The minimum absolute atomic E-state index is 0.0509. The quantitative estimate of drug-likeness (QED) is 0.650. The number of aromatic nitrogens is 1. The summed E-state index contributed by atoms with van der Waals surface area (Å²) in [5.41, 5.74) is -0.537. The van der Waals surface area contributed by atoms with Crippen LogP contribution in [0.25, 0.3) is 0 Å². The largest absolute Gasteiger partial charge is 0.417 e. The highest BCUT2D eigenvalue weighted by atomic mass is 32.2. The number of carbonyl (C=O) groups is 1. The van der Waals surface area contributed by atoms with E-state index >= 15 is 0 Å². The van der Waals surface area contributed by atoms with Crippen LogP contribution in [0.2, 0.25) is 0 Å². The van der Waals surface area contributed by atoms with Gasteiger partial charge in [-0.25, -0.2) is 13.4 Å². The molecule has 7 nitrogen and oxygen atoms in total. The van der Waals surface area contributed by atoms with Crippen LogP contribution in [0.3, 0.4) is 0 Å². The standard InChI is InChI=1S/C22H27F3N4O3S/c1-16(2)27(3)33(31,32)19-7-4-6-17(14-19)21(30)29-11-5-10-28(12-13-29)20-9-8-18(15-26-20)22(23,24)25/h4,6-9,14-16H,5,10-13H2,1-3H3. The Morgan fingerprint density at radius 3 is 2.42 bits per heavy atom. The van der Waals surface area contributed by atoms with Crippen molar-refractivity contribution in [1.82, 2.24) is 14.2 Å². The minimum Gasteiger partial charge on any atom is -0.355 e. The lowest BCUT2D eigenvalue weighted by atomic mass is 10.2. The third kappa shape index (κ3) is 5.64. The van der Waals surface area contributed by atoms with Crippen LogP contribution in [0.5, 0.6) is 0 Å². The molecule has 0 unspecified atom stereocenters. The summed E-state index contributed by atoms with van der Waals surface area (Å²) in [6.45, 7) is 5.25. The molecule has 2 heterocycles. The average molecular weight is 485 g/mol. The van der Waals surface area contributed by atoms with E-state index in [0.29, 0.717) is 38.4 Å². The van der Waals surface area contributed by atoms with Gasteiger partial charge in [-0.3, -0.25) is 4.79 Å². The molecule has 0 saturated carbocycles. The van der Waals surface area contributed by atoms with Gasteiger partial charge in [0, 0.05) is 51.0 Å². The van der Waals surface area contributed by atoms with E-state index in [4.69, 9.17) is 0 Å². The second-order valence-electron chi connectivity index (χ2n) is 8.18. The topological polar surface area (TPSA) is 73.8 Å². The highest BCUT2D eigenvalue weighted by molar-refractivity contribution is 7.89. The van der Waals surface area contributed by atoms with Crippen LogP contribution < -0.4 is 4.90 Å². The Kier molecular flexibility index (Phi) is 7.32. The van der Waals surface area contributed by atoms with Gasteiger partial charge in [-0.1, -0.05) is 6.07 Å². The number of halogens is 3. The Morgan fingerprint density at radius 1 is 1.09 bits per heavy atom. The normalized spacial score (nSPS) is 15.8. The maximum Gasteiger partial charge on any atom is 0.417 e. The van der Waals surface area contributed by atoms with Crippen LogP contribution in [-0.4, -0.2) is 67.8 Å². The average Bonchev–Trinajstić information content (AvgIpc) is 3.04. The van der Waals surface area contributed by atoms with E-state index in [1.54, 1.807) is 30.9 Å². The fourth-order valence-electron chi connectivity index (χ4n) is 3.51. The number of nitrogens with zero attached hydrogens (tertiary/aromatic N) is 4. The van der Waals surface area contributed by atoms with Crippen molar-refractivity contribution in [3.8, 4) is 0 Å². The van der Waals surface area contributed by atoms with Gasteiger partial charge >= 0.3 is 6.18 Å². The molecule has 0 radical (unpaired) electrons. The van der Waals surface area contributed by atoms with Crippen LogP contribution in [0.1, 0.15) is 36.2 Å². The van der Waals surface area contributed by atoms with Crippen molar-refractivity contribution in [1.29, 1.82) is 0 Å². The van der Waals surface area contributed by atoms with Gasteiger partial charge in [-0.05, 0) is 50.6 Å².